The minimum absolute atomic E-state index is 0.265. The molecule has 1 heterocycles. The molecular weight excluding hydrogens is 274 g/mol. The molecule has 0 saturated heterocycles. The SMILES string of the molecule is CC(C)(C)C1CCc2c(C(=O)NCC(=O)O)csc2C1. The third kappa shape index (κ3) is 3.20. The Morgan fingerprint density at radius 3 is 2.75 bits per heavy atom. The zero-order valence-electron chi connectivity index (χ0n) is 12.2. The molecule has 1 aromatic heterocycles. The van der Waals surface area contributed by atoms with Crippen LogP contribution in [0.1, 0.15) is 48.0 Å². The van der Waals surface area contributed by atoms with E-state index in [1.807, 2.05) is 5.38 Å². The van der Waals surface area contributed by atoms with Gasteiger partial charge < -0.3 is 10.4 Å². The Balaban J connectivity index is 2.12. The molecule has 0 aromatic carbocycles. The average Bonchev–Trinajstić information content (AvgIpc) is 2.77. The molecule has 1 aliphatic carbocycles. The number of nitrogens with one attached hydrogen (secondary N) is 1. The highest BCUT2D eigenvalue weighted by atomic mass is 32.1. The van der Waals surface area contributed by atoms with Crippen LogP contribution in [0.3, 0.4) is 0 Å². The Bertz CT molecular complexity index is 528. The van der Waals surface area contributed by atoms with Crippen LogP contribution in [-0.2, 0) is 17.6 Å². The van der Waals surface area contributed by atoms with Gasteiger partial charge in [0.05, 0.1) is 5.56 Å². The zero-order chi connectivity index (χ0) is 14.9. The average molecular weight is 295 g/mol. The van der Waals surface area contributed by atoms with Gasteiger partial charge in [0.1, 0.15) is 6.54 Å². The molecular formula is C15H21NO3S. The van der Waals surface area contributed by atoms with Crippen LogP contribution in [0.25, 0.3) is 0 Å². The molecule has 1 amide bonds. The van der Waals surface area contributed by atoms with Gasteiger partial charge in [0.2, 0.25) is 0 Å². The van der Waals surface area contributed by atoms with Crippen molar-refractivity contribution in [3.05, 3.63) is 21.4 Å². The summed E-state index contributed by atoms with van der Waals surface area (Å²) in [5.74, 6) is -0.641. The topological polar surface area (TPSA) is 66.4 Å². The first kappa shape index (κ1) is 15.0. The van der Waals surface area contributed by atoms with Gasteiger partial charge >= 0.3 is 5.97 Å². The highest BCUT2D eigenvalue weighted by molar-refractivity contribution is 7.10. The second-order valence-electron chi connectivity index (χ2n) is 6.43. The quantitative estimate of drug-likeness (QED) is 0.901. The van der Waals surface area contributed by atoms with Crippen molar-refractivity contribution in [2.24, 2.45) is 11.3 Å². The fourth-order valence-corrected chi connectivity index (χ4v) is 3.85. The maximum Gasteiger partial charge on any atom is 0.322 e. The Morgan fingerprint density at radius 2 is 2.15 bits per heavy atom. The molecule has 1 aliphatic rings. The van der Waals surface area contributed by atoms with Crippen LogP contribution in [0.5, 0.6) is 0 Å². The summed E-state index contributed by atoms with van der Waals surface area (Å²) in [6.45, 7) is 6.46. The number of fused-ring (bicyclic) bond motifs is 1. The van der Waals surface area contributed by atoms with E-state index in [9.17, 15) is 9.59 Å². The monoisotopic (exact) mass is 295 g/mol. The standard InChI is InChI=1S/C15H21NO3S/c1-15(2,3)9-4-5-10-11(8-20-12(10)6-9)14(19)16-7-13(17)18/h8-9H,4-7H2,1-3H3,(H,16,19)(H,17,18). The number of carbonyl (C=O) groups excluding carboxylic acids is 1. The predicted octanol–water partition coefficient (Wildman–Crippen LogP) is 2.71. The number of amides is 1. The Hall–Kier alpha value is -1.36. The number of carboxylic acids is 1. The third-order valence-electron chi connectivity index (χ3n) is 4.02. The summed E-state index contributed by atoms with van der Waals surface area (Å²) >= 11 is 1.63. The number of hydrogen-bond donors (Lipinski definition) is 2. The van der Waals surface area contributed by atoms with E-state index in [4.69, 9.17) is 5.11 Å². The van der Waals surface area contributed by atoms with Crippen molar-refractivity contribution >= 4 is 23.2 Å². The molecule has 0 spiro atoms. The van der Waals surface area contributed by atoms with Gasteiger partial charge in [-0.3, -0.25) is 9.59 Å². The van der Waals surface area contributed by atoms with Crippen molar-refractivity contribution < 1.29 is 14.7 Å². The van der Waals surface area contributed by atoms with E-state index in [0.717, 1.165) is 24.8 Å². The molecule has 0 bridgehead atoms. The van der Waals surface area contributed by atoms with Gasteiger partial charge in [-0.2, -0.15) is 0 Å². The number of carboxylic acid groups (broad SMARTS) is 1. The van der Waals surface area contributed by atoms with E-state index >= 15 is 0 Å². The fraction of sp³-hybridized carbons (Fsp3) is 0.600. The minimum Gasteiger partial charge on any atom is -0.480 e. The normalized spacial score (nSPS) is 18.4. The molecule has 0 radical (unpaired) electrons. The molecule has 1 unspecified atom stereocenters. The van der Waals surface area contributed by atoms with Crippen LogP contribution < -0.4 is 5.32 Å². The minimum atomic E-state index is -1.02. The summed E-state index contributed by atoms with van der Waals surface area (Å²) in [5, 5.41) is 12.9. The molecule has 2 N–H and O–H groups in total. The molecule has 5 heteroatoms. The van der Waals surface area contributed by atoms with Gasteiger partial charge in [0.15, 0.2) is 0 Å². The molecule has 110 valence electrons. The number of thiophene rings is 1. The van der Waals surface area contributed by atoms with Gasteiger partial charge in [-0.1, -0.05) is 20.8 Å². The third-order valence-corrected chi connectivity index (χ3v) is 5.08. The lowest BCUT2D eigenvalue weighted by atomic mass is 9.72. The summed E-state index contributed by atoms with van der Waals surface area (Å²) in [6.07, 6.45) is 3.03. The van der Waals surface area contributed by atoms with Crippen molar-refractivity contribution in [3.8, 4) is 0 Å². The second kappa shape index (κ2) is 5.56. The van der Waals surface area contributed by atoms with Crippen molar-refractivity contribution in [3.63, 3.8) is 0 Å². The first-order chi connectivity index (χ1) is 9.29. The van der Waals surface area contributed by atoms with Crippen molar-refractivity contribution in [2.45, 2.75) is 40.0 Å². The van der Waals surface area contributed by atoms with Gasteiger partial charge in [-0.25, -0.2) is 0 Å². The highest BCUT2D eigenvalue weighted by Crippen LogP contribution is 2.40. The highest BCUT2D eigenvalue weighted by Gasteiger charge is 2.31. The lowest BCUT2D eigenvalue weighted by Crippen LogP contribution is -2.31. The fourth-order valence-electron chi connectivity index (χ4n) is 2.69. The number of hydrogen-bond acceptors (Lipinski definition) is 3. The lowest BCUT2D eigenvalue weighted by Gasteiger charge is -2.34. The van der Waals surface area contributed by atoms with E-state index in [1.165, 1.54) is 4.88 Å². The van der Waals surface area contributed by atoms with E-state index in [1.54, 1.807) is 11.3 Å². The van der Waals surface area contributed by atoms with Crippen LogP contribution in [0, 0.1) is 11.3 Å². The number of carbonyl (C=O) groups is 2. The van der Waals surface area contributed by atoms with Crippen molar-refractivity contribution in [1.82, 2.24) is 5.32 Å². The Morgan fingerprint density at radius 1 is 1.45 bits per heavy atom. The molecule has 4 nitrogen and oxygen atoms in total. The van der Waals surface area contributed by atoms with Crippen molar-refractivity contribution in [1.29, 1.82) is 0 Å². The summed E-state index contributed by atoms with van der Waals surface area (Å²) in [4.78, 5) is 23.8. The Labute approximate surface area is 123 Å². The summed E-state index contributed by atoms with van der Waals surface area (Å²) in [5.41, 5.74) is 2.07. The van der Waals surface area contributed by atoms with Crippen LogP contribution in [0.15, 0.2) is 5.38 Å². The Kier molecular flexibility index (Phi) is 4.18. The summed E-state index contributed by atoms with van der Waals surface area (Å²) in [6, 6.07) is 0. The van der Waals surface area contributed by atoms with Gasteiger partial charge in [0, 0.05) is 10.3 Å². The van der Waals surface area contributed by atoms with E-state index in [0.29, 0.717) is 11.5 Å². The molecule has 1 aromatic rings. The van der Waals surface area contributed by atoms with Gasteiger partial charge in [0.25, 0.3) is 5.91 Å². The largest absolute Gasteiger partial charge is 0.480 e. The van der Waals surface area contributed by atoms with E-state index in [2.05, 4.69) is 26.1 Å². The molecule has 2 rings (SSSR count). The van der Waals surface area contributed by atoms with Gasteiger partial charge in [-0.15, -0.1) is 11.3 Å². The lowest BCUT2D eigenvalue weighted by molar-refractivity contribution is -0.135. The maximum absolute atomic E-state index is 12.0. The predicted molar refractivity (Wildman–Crippen MR) is 79.3 cm³/mol. The number of rotatable bonds is 3. The summed E-state index contributed by atoms with van der Waals surface area (Å²) in [7, 11) is 0. The smallest absolute Gasteiger partial charge is 0.322 e. The second-order valence-corrected chi connectivity index (χ2v) is 7.40. The number of aliphatic carboxylic acids is 1. The summed E-state index contributed by atoms with van der Waals surface area (Å²) < 4.78 is 0. The molecule has 0 aliphatic heterocycles. The zero-order valence-corrected chi connectivity index (χ0v) is 13.0. The van der Waals surface area contributed by atoms with Crippen LogP contribution in [-0.4, -0.2) is 23.5 Å². The van der Waals surface area contributed by atoms with Gasteiger partial charge in [-0.05, 0) is 36.2 Å². The van der Waals surface area contributed by atoms with Crippen LogP contribution in [0.2, 0.25) is 0 Å². The van der Waals surface area contributed by atoms with Crippen molar-refractivity contribution in [2.75, 3.05) is 6.54 Å². The van der Waals surface area contributed by atoms with E-state index in [-0.39, 0.29) is 17.9 Å². The van der Waals surface area contributed by atoms with Crippen LogP contribution >= 0.6 is 11.3 Å². The molecule has 0 saturated carbocycles. The van der Waals surface area contributed by atoms with E-state index < -0.39 is 5.97 Å². The maximum atomic E-state index is 12.0. The molecule has 0 fully saturated rings. The first-order valence-electron chi connectivity index (χ1n) is 6.88. The first-order valence-corrected chi connectivity index (χ1v) is 7.76. The molecule has 1 atom stereocenters. The van der Waals surface area contributed by atoms with Crippen LogP contribution in [0.4, 0.5) is 0 Å². The molecule has 20 heavy (non-hydrogen) atoms.